The minimum absolute atomic E-state index is 1.01. The molecular formula is C11H14N3+. The van der Waals surface area contributed by atoms with Crippen molar-refractivity contribution in [1.82, 2.24) is 10.2 Å². The lowest BCUT2D eigenvalue weighted by Gasteiger charge is -2.05. The Bertz CT molecular complexity index is 421. The summed E-state index contributed by atoms with van der Waals surface area (Å²) in [4.78, 5) is 0. The van der Waals surface area contributed by atoms with Gasteiger partial charge in [0.25, 0.3) is 0 Å². The average molecular weight is 188 g/mol. The van der Waals surface area contributed by atoms with E-state index < -0.39 is 0 Å². The number of hydrogen-bond acceptors (Lipinski definition) is 1. The van der Waals surface area contributed by atoms with Crippen LogP contribution in [0.2, 0.25) is 0 Å². The highest BCUT2D eigenvalue weighted by Gasteiger charge is 2.12. The van der Waals surface area contributed by atoms with Gasteiger partial charge in [0.2, 0.25) is 0 Å². The van der Waals surface area contributed by atoms with Gasteiger partial charge in [-0.3, -0.25) is 0 Å². The van der Waals surface area contributed by atoms with Crippen molar-refractivity contribution in [2.24, 2.45) is 0 Å². The zero-order valence-corrected chi connectivity index (χ0v) is 8.70. The fourth-order valence-electron chi connectivity index (χ4n) is 1.86. The largest absolute Gasteiger partial charge is 0.306 e. The maximum absolute atomic E-state index is 3.96. The number of aromatic amines is 1. The number of H-pyrrole nitrogens is 1. The van der Waals surface area contributed by atoms with Crippen LogP contribution in [0.25, 0.3) is 5.82 Å². The topological polar surface area (TPSA) is 32.6 Å². The van der Waals surface area contributed by atoms with Crippen LogP contribution < -0.4 is 4.57 Å². The van der Waals surface area contributed by atoms with Crippen LogP contribution in [0.3, 0.4) is 0 Å². The molecule has 0 radical (unpaired) electrons. The van der Waals surface area contributed by atoms with Crippen LogP contribution in [-0.2, 0) is 0 Å². The van der Waals surface area contributed by atoms with Crippen molar-refractivity contribution in [3.8, 4) is 5.82 Å². The van der Waals surface area contributed by atoms with E-state index in [-0.39, 0.29) is 0 Å². The number of aromatic nitrogens is 3. The van der Waals surface area contributed by atoms with Crippen molar-refractivity contribution < 1.29 is 4.57 Å². The van der Waals surface area contributed by atoms with Gasteiger partial charge in [0, 0.05) is 0 Å². The van der Waals surface area contributed by atoms with Crippen LogP contribution in [0, 0.1) is 20.8 Å². The summed E-state index contributed by atoms with van der Waals surface area (Å²) in [5.41, 5.74) is 3.72. The summed E-state index contributed by atoms with van der Waals surface area (Å²) >= 11 is 0. The molecule has 0 saturated carbocycles. The molecule has 0 aromatic carbocycles. The van der Waals surface area contributed by atoms with Crippen molar-refractivity contribution in [2.75, 3.05) is 0 Å². The minimum Gasteiger partial charge on any atom is -0.200 e. The molecule has 0 spiro atoms. The molecule has 1 N–H and O–H groups in total. The van der Waals surface area contributed by atoms with E-state index in [4.69, 9.17) is 0 Å². The second kappa shape index (κ2) is 3.25. The van der Waals surface area contributed by atoms with Crippen molar-refractivity contribution >= 4 is 0 Å². The molecule has 0 fully saturated rings. The van der Waals surface area contributed by atoms with E-state index in [0.29, 0.717) is 0 Å². The van der Waals surface area contributed by atoms with Gasteiger partial charge in [-0.1, -0.05) is 5.10 Å². The summed E-state index contributed by atoms with van der Waals surface area (Å²) in [5.74, 6) is 1.01. The molecule has 2 rings (SSSR count). The number of rotatable bonds is 1. The van der Waals surface area contributed by atoms with Crippen molar-refractivity contribution in [1.29, 1.82) is 0 Å². The third kappa shape index (κ3) is 1.41. The van der Waals surface area contributed by atoms with Gasteiger partial charge in [0.15, 0.2) is 0 Å². The maximum Gasteiger partial charge on any atom is 0.306 e. The monoisotopic (exact) mass is 188 g/mol. The Labute approximate surface area is 83.4 Å². The lowest BCUT2D eigenvalue weighted by molar-refractivity contribution is -0.613. The maximum atomic E-state index is 3.96. The quantitative estimate of drug-likeness (QED) is 0.677. The molecule has 2 heterocycles. The fraction of sp³-hybridized carbons (Fsp3) is 0.273. The van der Waals surface area contributed by atoms with E-state index in [9.17, 15) is 0 Å². The normalized spacial score (nSPS) is 10.5. The number of nitrogens with one attached hydrogen (secondary N) is 1. The summed E-state index contributed by atoms with van der Waals surface area (Å²) in [7, 11) is 0. The number of aryl methyl sites for hydroxylation is 3. The lowest BCUT2D eigenvalue weighted by Crippen LogP contribution is -2.38. The Morgan fingerprint density at radius 1 is 1.14 bits per heavy atom. The standard InChI is InChI=1S/C11H14N3/c1-8-6-9(2)14(10(3)7-8)11-4-5-12-13-11/h4-7H,1-3H3,(H,12,13)/q+1. The summed E-state index contributed by atoms with van der Waals surface area (Å²) in [5, 5.41) is 6.92. The summed E-state index contributed by atoms with van der Waals surface area (Å²) < 4.78 is 2.15. The molecule has 0 bridgehead atoms. The van der Waals surface area contributed by atoms with Gasteiger partial charge in [-0.05, 0) is 38.5 Å². The third-order valence-corrected chi connectivity index (χ3v) is 2.31. The second-order valence-corrected chi connectivity index (χ2v) is 3.59. The van der Waals surface area contributed by atoms with E-state index in [2.05, 4.69) is 47.7 Å². The van der Waals surface area contributed by atoms with Crippen LogP contribution in [0.1, 0.15) is 17.0 Å². The Morgan fingerprint density at radius 3 is 2.29 bits per heavy atom. The molecule has 72 valence electrons. The molecule has 0 unspecified atom stereocenters. The molecule has 3 heteroatoms. The van der Waals surface area contributed by atoms with Crippen LogP contribution in [-0.4, -0.2) is 10.2 Å². The molecule has 0 saturated heterocycles. The van der Waals surface area contributed by atoms with Gasteiger partial charge in [-0.15, -0.1) is 5.10 Å². The molecule has 0 atom stereocenters. The summed E-state index contributed by atoms with van der Waals surface area (Å²) in [6.07, 6.45) is 1.76. The first-order chi connectivity index (χ1) is 6.68. The number of nitrogens with zero attached hydrogens (tertiary/aromatic N) is 2. The fourth-order valence-corrected chi connectivity index (χ4v) is 1.86. The van der Waals surface area contributed by atoms with E-state index in [0.717, 1.165) is 5.82 Å². The van der Waals surface area contributed by atoms with E-state index in [1.807, 2.05) is 6.07 Å². The van der Waals surface area contributed by atoms with Gasteiger partial charge >= 0.3 is 5.82 Å². The molecule has 0 aliphatic carbocycles. The number of pyridine rings is 1. The first-order valence-electron chi connectivity index (χ1n) is 4.68. The smallest absolute Gasteiger partial charge is 0.200 e. The summed E-state index contributed by atoms with van der Waals surface area (Å²) in [6, 6.07) is 6.29. The van der Waals surface area contributed by atoms with Crippen LogP contribution in [0.4, 0.5) is 0 Å². The average Bonchev–Trinajstić information content (AvgIpc) is 2.54. The van der Waals surface area contributed by atoms with Gasteiger partial charge in [0.05, 0.1) is 12.3 Å². The first-order valence-corrected chi connectivity index (χ1v) is 4.68. The molecule has 2 aromatic rings. The van der Waals surface area contributed by atoms with Crippen molar-refractivity contribution in [3.63, 3.8) is 0 Å². The summed E-state index contributed by atoms with van der Waals surface area (Å²) in [6.45, 7) is 6.30. The van der Waals surface area contributed by atoms with E-state index in [1.165, 1.54) is 17.0 Å². The molecule has 0 amide bonds. The van der Waals surface area contributed by atoms with Crippen molar-refractivity contribution in [2.45, 2.75) is 20.8 Å². The second-order valence-electron chi connectivity index (χ2n) is 3.59. The molecular weight excluding hydrogens is 174 g/mol. The van der Waals surface area contributed by atoms with Gasteiger partial charge in [-0.2, -0.15) is 4.57 Å². The van der Waals surface area contributed by atoms with Crippen LogP contribution in [0.5, 0.6) is 0 Å². The van der Waals surface area contributed by atoms with Crippen LogP contribution in [0.15, 0.2) is 24.4 Å². The van der Waals surface area contributed by atoms with Gasteiger partial charge < -0.3 is 0 Å². The molecule has 14 heavy (non-hydrogen) atoms. The molecule has 0 aliphatic heterocycles. The number of hydrogen-bond donors (Lipinski definition) is 1. The minimum atomic E-state index is 1.01. The Kier molecular flexibility index (Phi) is 2.08. The Morgan fingerprint density at radius 2 is 1.79 bits per heavy atom. The third-order valence-electron chi connectivity index (χ3n) is 2.31. The molecule has 2 aromatic heterocycles. The highest BCUT2D eigenvalue weighted by atomic mass is 15.2. The highest BCUT2D eigenvalue weighted by Crippen LogP contribution is 2.04. The first kappa shape index (κ1) is 8.94. The molecule has 0 aliphatic rings. The zero-order chi connectivity index (χ0) is 10.1. The Balaban J connectivity index is 2.64. The van der Waals surface area contributed by atoms with Crippen LogP contribution >= 0.6 is 0 Å². The molecule has 3 nitrogen and oxygen atoms in total. The predicted molar refractivity (Wildman–Crippen MR) is 54.3 cm³/mol. The van der Waals surface area contributed by atoms with E-state index >= 15 is 0 Å². The predicted octanol–water partition coefficient (Wildman–Crippen LogP) is 1.61. The van der Waals surface area contributed by atoms with E-state index in [1.54, 1.807) is 6.20 Å². The van der Waals surface area contributed by atoms with Crippen molar-refractivity contribution in [3.05, 3.63) is 41.3 Å². The SMILES string of the molecule is Cc1cc(C)[n+](-c2ccn[nH]2)c(C)c1. The lowest BCUT2D eigenvalue weighted by atomic mass is 10.2. The van der Waals surface area contributed by atoms with Gasteiger partial charge in [-0.25, -0.2) is 0 Å². The highest BCUT2D eigenvalue weighted by molar-refractivity contribution is 5.17. The Hall–Kier alpha value is -1.64. The van der Waals surface area contributed by atoms with Gasteiger partial charge in [0.1, 0.15) is 11.4 Å². The zero-order valence-electron chi connectivity index (χ0n) is 8.70.